The Labute approximate surface area is 176 Å². The van der Waals surface area contributed by atoms with Gasteiger partial charge in [-0.25, -0.2) is 5.06 Å². The van der Waals surface area contributed by atoms with Crippen LogP contribution in [0.2, 0.25) is 0 Å². The number of rotatable bonds is 7. The van der Waals surface area contributed by atoms with Gasteiger partial charge in [0, 0.05) is 18.2 Å². The van der Waals surface area contributed by atoms with Gasteiger partial charge in [0.05, 0.1) is 25.9 Å². The van der Waals surface area contributed by atoms with E-state index in [9.17, 15) is 9.59 Å². The molecular weight excluding hydrogens is 384 g/mol. The fourth-order valence-corrected chi connectivity index (χ4v) is 4.19. The molecule has 3 atom stereocenters. The molecule has 0 radical (unpaired) electrons. The molecule has 2 fully saturated rings. The van der Waals surface area contributed by atoms with Crippen LogP contribution >= 0.6 is 0 Å². The molecule has 2 amide bonds. The van der Waals surface area contributed by atoms with Crippen molar-refractivity contribution < 1.29 is 23.9 Å². The van der Waals surface area contributed by atoms with Crippen molar-refractivity contribution in [1.29, 1.82) is 0 Å². The zero-order chi connectivity index (χ0) is 21.3. The number of fused-ring (bicyclic) bond motifs is 1. The third-order valence-corrected chi connectivity index (χ3v) is 5.71. The number of methoxy groups -OCH3 is 2. The zero-order valence-electron chi connectivity index (χ0n) is 17.4. The Bertz CT molecular complexity index is 932. The number of amides is 2. The largest absolute Gasteiger partial charge is 0.497 e. The fraction of sp³-hybridized carbons (Fsp3) is 0.391. The lowest BCUT2D eigenvalue weighted by Crippen LogP contribution is -2.37. The topological polar surface area (TPSA) is 68.3 Å². The summed E-state index contributed by atoms with van der Waals surface area (Å²) in [6.07, 6.45) is 0.834. The summed E-state index contributed by atoms with van der Waals surface area (Å²) in [6, 6.07) is 14.5. The van der Waals surface area contributed by atoms with E-state index in [0.29, 0.717) is 18.0 Å². The van der Waals surface area contributed by atoms with E-state index >= 15 is 0 Å². The molecule has 7 nitrogen and oxygen atoms in total. The lowest BCUT2D eigenvalue weighted by molar-refractivity contribution is -0.143. The lowest BCUT2D eigenvalue weighted by atomic mass is 9.90. The van der Waals surface area contributed by atoms with Gasteiger partial charge in [0.1, 0.15) is 17.4 Å². The number of likely N-dealkylation sites (tertiary alicyclic amines) is 1. The highest BCUT2D eigenvalue weighted by molar-refractivity contribution is 6.07. The van der Waals surface area contributed by atoms with E-state index in [1.54, 1.807) is 25.3 Å². The Kier molecular flexibility index (Phi) is 5.63. The molecule has 2 aromatic rings. The average molecular weight is 410 g/mol. The van der Waals surface area contributed by atoms with E-state index in [0.717, 1.165) is 24.1 Å². The Balaban J connectivity index is 1.79. The summed E-state index contributed by atoms with van der Waals surface area (Å²) in [4.78, 5) is 33.8. The molecule has 0 bridgehead atoms. The summed E-state index contributed by atoms with van der Waals surface area (Å²) in [5.74, 6) is 0.124. The van der Waals surface area contributed by atoms with Crippen molar-refractivity contribution in [2.75, 3.05) is 25.8 Å². The van der Waals surface area contributed by atoms with Crippen molar-refractivity contribution in [3.63, 3.8) is 0 Å². The second kappa shape index (κ2) is 8.36. The lowest BCUT2D eigenvalue weighted by Gasteiger charge is -2.29. The summed E-state index contributed by atoms with van der Waals surface area (Å²) < 4.78 is 10.9. The summed E-state index contributed by atoms with van der Waals surface area (Å²) in [7, 11) is 3.16. The van der Waals surface area contributed by atoms with E-state index in [2.05, 4.69) is 0 Å². The van der Waals surface area contributed by atoms with E-state index in [1.165, 1.54) is 4.90 Å². The van der Waals surface area contributed by atoms with Gasteiger partial charge in [0.2, 0.25) is 5.91 Å². The number of hydroxylamine groups is 1. The van der Waals surface area contributed by atoms with Crippen molar-refractivity contribution in [3.05, 3.63) is 54.1 Å². The van der Waals surface area contributed by atoms with Gasteiger partial charge < -0.3 is 9.47 Å². The first-order valence-electron chi connectivity index (χ1n) is 10.2. The average Bonchev–Trinajstić information content (AvgIpc) is 3.28. The number of unbranched alkanes of at least 4 members (excludes halogenated alkanes) is 1. The molecule has 0 N–H and O–H groups in total. The predicted molar refractivity (Wildman–Crippen MR) is 111 cm³/mol. The number of benzene rings is 2. The molecule has 158 valence electrons. The Hall–Kier alpha value is -3.06. The van der Waals surface area contributed by atoms with Crippen LogP contribution in [0.4, 0.5) is 5.69 Å². The molecule has 2 aliphatic heterocycles. The number of anilines is 1. The van der Waals surface area contributed by atoms with Crippen LogP contribution in [0, 0.1) is 5.92 Å². The van der Waals surface area contributed by atoms with Gasteiger partial charge in [0.25, 0.3) is 5.91 Å². The molecule has 0 aliphatic carbocycles. The molecule has 2 saturated heterocycles. The zero-order valence-corrected chi connectivity index (χ0v) is 17.4. The SMILES string of the molecule is CCCCN1C(=O)[C@H]2[C@H](ON(c3ccccc3)[C@H]2c2ccc(OC)cc2OC)C1=O. The first-order valence-corrected chi connectivity index (χ1v) is 10.2. The minimum atomic E-state index is -0.841. The maximum atomic E-state index is 13.3. The number of para-hydroxylation sites is 1. The second-order valence-corrected chi connectivity index (χ2v) is 7.45. The van der Waals surface area contributed by atoms with E-state index in [-0.39, 0.29) is 11.8 Å². The number of imide groups is 1. The molecule has 0 spiro atoms. The minimum absolute atomic E-state index is 0.195. The van der Waals surface area contributed by atoms with Crippen LogP contribution in [0.25, 0.3) is 0 Å². The number of carbonyl (C=O) groups is 2. The third-order valence-electron chi connectivity index (χ3n) is 5.71. The van der Waals surface area contributed by atoms with Crippen LogP contribution in [0.3, 0.4) is 0 Å². The van der Waals surface area contributed by atoms with Crippen molar-refractivity contribution in [3.8, 4) is 11.5 Å². The maximum absolute atomic E-state index is 13.3. The predicted octanol–water partition coefficient (Wildman–Crippen LogP) is 3.35. The summed E-state index contributed by atoms with van der Waals surface area (Å²) in [6.45, 7) is 2.45. The van der Waals surface area contributed by atoms with Gasteiger partial charge in [-0.1, -0.05) is 31.5 Å². The summed E-state index contributed by atoms with van der Waals surface area (Å²) in [5.41, 5.74) is 1.55. The first kappa shape index (κ1) is 20.2. The van der Waals surface area contributed by atoms with Crippen LogP contribution in [-0.4, -0.2) is 43.6 Å². The second-order valence-electron chi connectivity index (χ2n) is 7.45. The number of hydrogen-bond donors (Lipinski definition) is 0. The highest BCUT2D eigenvalue weighted by atomic mass is 16.7. The molecule has 4 rings (SSSR count). The molecule has 2 aliphatic rings. The number of hydrogen-bond acceptors (Lipinski definition) is 6. The van der Waals surface area contributed by atoms with Gasteiger partial charge in [-0.2, -0.15) is 0 Å². The molecule has 0 unspecified atom stereocenters. The highest BCUT2D eigenvalue weighted by Gasteiger charge is 2.60. The van der Waals surface area contributed by atoms with Crippen LogP contribution < -0.4 is 14.5 Å². The van der Waals surface area contributed by atoms with E-state index in [1.807, 2.05) is 49.4 Å². The van der Waals surface area contributed by atoms with Crippen molar-refractivity contribution in [1.82, 2.24) is 4.90 Å². The monoisotopic (exact) mass is 410 g/mol. The van der Waals surface area contributed by atoms with Gasteiger partial charge in [0.15, 0.2) is 6.10 Å². The minimum Gasteiger partial charge on any atom is -0.497 e. The summed E-state index contributed by atoms with van der Waals surface area (Å²) >= 11 is 0. The van der Waals surface area contributed by atoms with Crippen molar-refractivity contribution in [2.24, 2.45) is 5.92 Å². The maximum Gasteiger partial charge on any atom is 0.261 e. The van der Waals surface area contributed by atoms with Crippen molar-refractivity contribution in [2.45, 2.75) is 31.9 Å². The summed E-state index contributed by atoms with van der Waals surface area (Å²) in [5, 5.41) is 1.67. The smallest absolute Gasteiger partial charge is 0.261 e. The molecule has 0 saturated carbocycles. The van der Waals surface area contributed by atoms with Crippen LogP contribution in [0.15, 0.2) is 48.5 Å². The van der Waals surface area contributed by atoms with Crippen LogP contribution in [0.1, 0.15) is 31.4 Å². The molecule has 0 aromatic heterocycles. The Morgan fingerprint density at radius 3 is 2.43 bits per heavy atom. The molecule has 2 aromatic carbocycles. The molecule has 7 heteroatoms. The van der Waals surface area contributed by atoms with E-state index in [4.69, 9.17) is 14.3 Å². The molecular formula is C23H26N2O5. The van der Waals surface area contributed by atoms with Gasteiger partial charge in [-0.15, -0.1) is 0 Å². The first-order chi connectivity index (χ1) is 14.6. The number of carbonyl (C=O) groups excluding carboxylic acids is 2. The number of ether oxygens (including phenoxy) is 2. The van der Waals surface area contributed by atoms with Gasteiger partial charge in [-0.3, -0.25) is 19.3 Å². The normalized spacial score (nSPS) is 23.1. The highest BCUT2D eigenvalue weighted by Crippen LogP contribution is 2.49. The van der Waals surface area contributed by atoms with Gasteiger partial charge >= 0.3 is 0 Å². The quantitative estimate of drug-likeness (QED) is 0.652. The van der Waals surface area contributed by atoms with Crippen LogP contribution in [-0.2, 0) is 14.4 Å². The molecule has 30 heavy (non-hydrogen) atoms. The van der Waals surface area contributed by atoms with Crippen LogP contribution in [0.5, 0.6) is 11.5 Å². The van der Waals surface area contributed by atoms with E-state index < -0.39 is 18.1 Å². The Morgan fingerprint density at radius 1 is 1.00 bits per heavy atom. The standard InChI is InChI=1S/C23H26N2O5/c1-4-5-13-24-22(26)19-20(17-12-11-16(28-2)14-18(17)29-3)25(30-21(19)23(24)27)15-9-7-6-8-10-15/h6-12,14,19-21H,4-5,13H2,1-3H3/t19-,20+,21+/m1/s1. The van der Waals surface area contributed by atoms with Crippen molar-refractivity contribution >= 4 is 17.5 Å². The third kappa shape index (κ3) is 3.29. The fourth-order valence-electron chi connectivity index (χ4n) is 4.19. The van der Waals surface area contributed by atoms with Gasteiger partial charge in [-0.05, 0) is 30.7 Å². The molecule has 2 heterocycles. The Morgan fingerprint density at radius 2 is 1.77 bits per heavy atom. The number of nitrogens with zero attached hydrogens (tertiary/aromatic N) is 2.